The van der Waals surface area contributed by atoms with Crippen molar-refractivity contribution in [1.29, 1.82) is 0 Å². The van der Waals surface area contributed by atoms with Gasteiger partial charge < -0.3 is 4.90 Å². The molecule has 1 aliphatic heterocycles. The van der Waals surface area contributed by atoms with Gasteiger partial charge in [-0.2, -0.15) is 0 Å². The molecule has 1 atom stereocenters. The van der Waals surface area contributed by atoms with Crippen LogP contribution in [0.25, 0.3) is 10.9 Å². The third-order valence-electron chi connectivity index (χ3n) is 5.19. The number of halogens is 2. The van der Waals surface area contributed by atoms with Crippen LogP contribution in [0.4, 0.5) is 8.78 Å². The SMILES string of the molecule is O=C(Cc1ccc(F)cc1F)N1CCC[C@@H](n2cnc3ccccc3c2=O)C1. The van der Waals surface area contributed by atoms with E-state index in [-0.39, 0.29) is 29.5 Å². The second kappa shape index (κ2) is 7.50. The van der Waals surface area contributed by atoms with Gasteiger partial charge in [0.15, 0.2) is 0 Å². The molecule has 0 spiro atoms. The minimum atomic E-state index is -0.725. The molecule has 0 bridgehead atoms. The van der Waals surface area contributed by atoms with E-state index in [0.29, 0.717) is 24.0 Å². The third-order valence-corrected chi connectivity index (χ3v) is 5.19. The molecular formula is C21H19F2N3O2. The minimum Gasteiger partial charge on any atom is -0.340 e. The summed E-state index contributed by atoms with van der Waals surface area (Å²) in [6, 6.07) is 10.2. The van der Waals surface area contributed by atoms with Crippen LogP contribution in [0.5, 0.6) is 0 Å². The Balaban J connectivity index is 1.54. The Hall–Kier alpha value is -3.09. The summed E-state index contributed by atoms with van der Waals surface area (Å²) >= 11 is 0. The number of benzene rings is 2. The van der Waals surface area contributed by atoms with Crippen molar-refractivity contribution in [2.45, 2.75) is 25.3 Å². The van der Waals surface area contributed by atoms with E-state index < -0.39 is 11.6 Å². The Morgan fingerprint density at radius 3 is 2.82 bits per heavy atom. The first kappa shape index (κ1) is 18.3. The van der Waals surface area contributed by atoms with Gasteiger partial charge in [-0.3, -0.25) is 14.2 Å². The standard InChI is InChI=1S/C21H19F2N3O2/c22-15-8-7-14(18(23)11-15)10-20(27)25-9-3-4-16(12-25)26-13-24-19-6-2-1-5-17(19)21(26)28/h1-2,5-8,11,13,16H,3-4,9-10,12H2/t16-/m1/s1. The molecule has 1 amide bonds. The molecule has 1 aliphatic rings. The summed E-state index contributed by atoms with van der Waals surface area (Å²) in [7, 11) is 0. The molecule has 7 heteroatoms. The van der Waals surface area contributed by atoms with Crippen LogP contribution in [-0.4, -0.2) is 33.4 Å². The number of rotatable bonds is 3. The summed E-state index contributed by atoms with van der Waals surface area (Å²) in [6.07, 6.45) is 2.89. The molecule has 1 aromatic heterocycles. The van der Waals surface area contributed by atoms with Crippen LogP contribution in [0.15, 0.2) is 53.6 Å². The lowest BCUT2D eigenvalue weighted by Crippen LogP contribution is -2.43. The Morgan fingerprint density at radius 1 is 1.18 bits per heavy atom. The van der Waals surface area contributed by atoms with Gasteiger partial charge in [0.1, 0.15) is 11.6 Å². The van der Waals surface area contributed by atoms with Gasteiger partial charge in [0.05, 0.1) is 29.7 Å². The molecule has 2 heterocycles. The van der Waals surface area contributed by atoms with Gasteiger partial charge >= 0.3 is 0 Å². The highest BCUT2D eigenvalue weighted by atomic mass is 19.1. The lowest BCUT2D eigenvalue weighted by Gasteiger charge is -2.33. The fraction of sp³-hybridized carbons (Fsp3) is 0.286. The fourth-order valence-corrected chi connectivity index (χ4v) is 3.69. The van der Waals surface area contributed by atoms with E-state index in [1.54, 1.807) is 27.7 Å². The number of hydrogen-bond acceptors (Lipinski definition) is 3. The highest BCUT2D eigenvalue weighted by Gasteiger charge is 2.26. The number of amides is 1. The normalized spacial score (nSPS) is 17.1. The quantitative estimate of drug-likeness (QED) is 0.699. The molecule has 5 nitrogen and oxygen atoms in total. The van der Waals surface area contributed by atoms with Crippen LogP contribution in [0.3, 0.4) is 0 Å². The first-order chi connectivity index (χ1) is 13.5. The van der Waals surface area contributed by atoms with E-state index in [9.17, 15) is 18.4 Å². The van der Waals surface area contributed by atoms with E-state index in [2.05, 4.69) is 4.98 Å². The number of para-hydroxylation sites is 1. The molecule has 144 valence electrons. The summed E-state index contributed by atoms with van der Waals surface area (Å²) in [5.41, 5.74) is 0.673. The van der Waals surface area contributed by atoms with E-state index in [1.807, 2.05) is 6.07 Å². The Morgan fingerprint density at radius 2 is 2.00 bits per heavy atom. The maximum absolute atomic E-state index is 13.9. The Kier molecular flexibility index (Phi) is 4.90. The number of likely N-dealkylation sites (tertiary alicyclic amines) is 1. The molecule has 0 aliphatic carbocycles. The predicted octanol–water partition coefficient (Wildman–Crippen LogP) is 3.08. The summed E-state index contributed by atoms with van der Waals surface area (Å²) in [5.74, 6) is -1.64. The fourth-order valence-electron chi connectivity index (χ4n) is 3.69. The maximum Gasteiger partial charge on any atom is 0.261 e. The molecule has 0 radical (unpaired) electrons. The zero-order valence-electron chi connectivity index (χ0n) is 15.1. The molecule has 1 fully saturated rings. The third kappa shape index (κ3) is 3.52. The molecule has 0 N–H and O–H groups in total. The summed E-state index contributed by atoms with van der Waals surface area (Å²) in [4.78, 5) is 31.4. The molecule has 1 saturated heterocycles. The number of fused-ring (bicyclic) bond motifs is 1. The second-order valence-corrected chi connectivity index (χ2v) is 7.02. The molecule has 0 unspecified atom stereocenters. The van der Waals surface area contributed by atoms with E-state index >= 15 is 0 Å². The molecular weight excluding hydrogens is 364 g/mol. The van der Waals surface area contributed by atoms with Crippen molar-refractivity contribution in [1.82, 2.24) is 14.5 Å². The van der Waals surface area contributed by atoms with Gasteiger partial charge in [-0.05, 0) is 36.6 Å². The number of aromatic nitrogens is 2. The van der Waals surface area contributed by atoms with Gasteiger partial charge in [0, 0.05) is 19.2 Å². The summed E-state index contributed by atoms with van der Waals surface area (Å²) in [5, 5.41) is 0.543. The van der Waals surface area contributed by atoms with Gasteiger partial charge in [0.2, 0.25) is 5.91 Å². The number of carbonyl (C=O) groups is 1. The Bertz CT molecular complexity index is 1100. The van der Waals surface area contributed by atoms with Gasteiger partial charge in [-0.25, -0.2) is 13.8 Å². The number of nitrogens with zero attached hydrogens (tertiary/aromatic N) is 3. The Labute approximate surface area is 160 Å². The lowest BCUT2D eigenvalue weighted by atomic mass is 10.0. The largest absolute Gasteiger partial charge is 0.340 e. The molecule has 0 saturated carbocycles. The maximum atomic E-state index is 13.9. The average molecular weight is 383 g/mol. The van der Waals surface area contributed by atoms with Crippen LogP contribution in [0, 0.1) is 11.6 Å². The lowest BCUT2D eigenvalue weighted by molar-refractivity contribution is -0.132. The molecule has 28 heavy (non-hydrogen) atoms. The minimum absolute atomic E-state index is 0.130. The van der Waals surface area contributed by atoms with Crippen LogP contribution in [-0.2, 0) is 11.2 Å². The van der Waals surface area contributed by atoms with Crippen molar-refractivity contribution < 1.29 is 13.6 Å². The predicted molar refractivity (Wildman–Crippen MR) is 101 cm³/mol. The topological polar surface area (TPSA) is 55.2 Å². The zero-order chi connectivity index (χ0) is 19.7. The summed E-state index contributed by atoms with van der Waals surface area (Å²) < 4.78 is 28.5. The van der Waals surface area contributed by atoms with E-state index in [1.165, 1.54) is 12.4 Å². The number of carbonyl (C=O) groups excluding carboxylic acids is 1. The van der Waals surface area contributed by atoms with Crippen molar-refractivity contribution in [3.63, 3.8) is 0 Å². The smallest absolute Gasteiger partial charge is 0.261 e. The van der Waals surface area contributed by atoms with Crippen molar-refractivity contribution >= 4 is 16.8 Å². The zero-order valence-corrected chi connectivity index (χ0v) is 15.1. The highest BCUT2D eigenvalue weighted by molar-refractivity contribution is 5.79. The molecule has 2 aromatic carbocycles. The number of hydrogen-bond donors (Lipinski definition) is 0. The molecule has 4 rings (SSSR count). The summed E-state index contributed by atoms with van der Waals surface area (Å²) in [6.45, 7) is 0.912. The van der Waals surface area contributed by atoms with Crippen molar-refractivity contribution in [3.8, 4) is 0 Å². The van der Waals surface area contributed by atoms with Crippen LogP contribution in [0.2, 0.25) is 0 Å². The van der Waals surface area contributed by atoms with E-state index in [0.717, 1.165) is 25.0 Å². The second-order valence-electron chi connectivity index (χ2n) is 7.02. The van der Waals surface area contributed by atoms with Gasteiger partial charge in [-0.15, -0.1) is 0 Å². The van der Waals surface area contributed by atoms with Crippen LogP contribution < -0.4 is 5.56 Å². The molecule has 3 aromatic rings. The van der Waals surface area contributed by atoms with Crippen LogP contribution >= 0.6 is 0 Å². The average Bonchev–Trinajstić information content (AvgIpc) is 2.70. The van der Waals surface area contributed by atoms with Crippen LogP contribution in [0.1, 0.15) is 24.4 Å². The van der Waals surface area contributed by atoms with Crippen molar-refractivity contribution in [2.24, 2.45) is 0 Å². The highest BCUT2D eigenvalue weighted by Crippen LogP contribution is 2.22. The van der Waals surface area contributed by atoms with Crippen molar-refractivity contribution in [2.75, 3.05) is 13.1 Å². The van der Waals surface area contributed by atoms with Crippen molar-refractivity contribution in [3.05, 3.63) is 76.3 Å². The number of piperidine rings is 1. The van der Waals surface area contributed by atoms with Gasteiger partial charge in [-0.1, -0.05) is 18.2 Å². The van der Waals surface area contributed by atoms with Gasteiger partial charge in [0.25, 0.3) is 5.56 Å². The monoisotopic (exact) mass is 383 g/mol. The first-order valence-electron chi connectivity index (χ1n) is 9.20. The van der Waals surface area contributed by atoms with E-state index in [4.69, 9.17) is 0 Å². The first-order valence-corrected chi connectivity index (χ1v) is 9.20.